The number of hydrogen-bond donors (Lipinski definition) is 0. The van der Waals surface area contributed by atoms with Gasteiger partial charge in [0.2, 0.25) is 5.91 Å². The second kappa shape index (κ2) is 3.23. The van der Waals surface area contributed by atoms with Crippen LogP contribution in [0.1, 0.15) is 25.6 Å². The summed E-state index contributed by atoms with van der Waals surface area (Å²) in [5.41, 5.74) is 0.597. The first kappa shape index (κ1) is 9.97. The summed E-state index contributed by atoms with van der Waals surface area (Å²) >= 11 is 0. The van der Waals surface area contributed by atoms with Crippen LogP contribution < -0.4 is 0 Å². The summed E-state index contributed by atoms with van der Waals surface area (Å²) in [6.07, 6.45) is 1.83. The lowest BCUT2D eigenvalue weighted by molar-refractivity contribution is 0.0772. The van der Waals surface area contributed by atoms with Crippen LogP contribution in [0.5, 0.6) is 0 Å². The van der Waals surface area contributed by atoms with E-state index in [1.807, 2.05) is 51.2 Å². The molecule has 0 aliphatic heterocycles. The molecule has 1 aromatic heterocycles. The molecule has 0 aliphatic rings. The maximum atomic E-state index is 12.1. The fourth-order valence-electron chi connectivity index (χ4n) is 1.56. The van der Waals surface area contributed by atoms with Crippen LogP contribution in [0.4, 0.5) is 0 Å². The summed E-state index contributed by atoms with van der Waals surface area (Å²) in [4.78, 5) is 12.1. The molecule has 77 valence electrons. The third-order valence-electron chi connectivity index (χ3n) is 2.40. The highest BCUT2D eigenvalue weighted by atomic mass is 16.2. The number of aromatic nitrogens is 1. The Labute approximate surface area is 89.5 Å². The van der Waals surface area contributed by atoms with Crippen LogP contribution >= 0.6 is 0 Å². The largest absolute Gasteiger partial charge is 0.287 e. The van der Waals surface area contributed by atoms with Gasteiger partial charge in [-0.25, -0.2) is 0 Å². The van der Waals surface area contributed by atoms with Gasteiger partial charge in [-0.1, -0.05) is 26.8 Å². The van der Waals surface area contributed by atoms with Gasteiger partial charge in [-0.3, -0.25) is 9.36 Å². The fourth-order valence-corrected chi connectivity index (χ4v) is 1.56. The van der Waals surface area contributed by atoms with Crippen molar-refractivity contribution in [1.82, 2.24) is 4.57 Å². The Bertz CT molecular complexity index is 502. The van der Waals surface area contributed by atoms with Crippen molar-refractivity contribution < 1.29 is 4.79 Å². The molecule has 0 saturated heterocycles. The lowest BCUT2D eigenvalue weighted by Crippen LogP contribution is -2.25. The first-order valence-corrected chi connectivity index (χ1v) is 5.02. The summed E-state index contributed by atoms with van der Waals surface area (Å²) in [6, 6.07) is 10.6. The molecular weight excluding hydrogens is 186 g/mol. The van der Waals surface area contributed by atoms with Crippen LogP contribution in [0.3, 0.4) is 0 Å². The summed E-state index contributed by atoms with van der Waals surface area (Å²) in [6.45, 7) is 5.78. The minimum atomic E-state index is -0.356. The molecule has 2 aromatic rings. The number of nitrogens with zero attached hydrogens (tertiary/aromatic N) is 1. The molecule has 1 heterocycles. The van der Waals surface area contributed by atoms with E-state index in [1.165, 1.54) is 0 Å². The fraction of sp³-hybridized carbons (Fsp3) is 0.308. The van der Waals surface area contributed by atoms with Gasteiger partial charge in [0.25, 0.3) is 0 Å². The molecule has 1 aromatic carbocycles. The van der Waals surface area contributed by atoms with Crippen molar-refractivity contribution in [2.24, 2.45) is 5.41 Å². The highest BCUT2D eigenvalue weighted by Gasteiger charge is 2.23. The lowest BCUT2D eigenvalue weighted by Gasteiger charge is -2.17. The Balaban J connectivity index is 2.58. The SMILES string of the molecule is CC(C)(C)C(=O)n1ccc2c[c]ccc21. The van der Waals surface area contributed by atoms with E-state index in [9.17, 15) is 4.79 Å². The summed E-state index contributed by atoms with van der Waals surface area (Å²) in [7, 11) is 0. The summed E-state index contributed by atoms with van der Waals surface area (Å²) in [5.74, 6) is 0.115. The third kappa shape index (κ3) is 1.67. The van der Waals surface area contributed by atoms with Crippen LogP contribution in [0, 0.1) is 11.5 Å². The number of fused-ring (bicyclic) bond motifs is 1. The molecule has 0 N–H and O–H groups in total. The van der Waals surface area contributed by atoms with Gasteiger partial charge in [0.15, 0.2) is 0 Å². The molecule has 0 saturated carbocycles. The van der Waals surface area contributed by atoms with Crippen molar-refractivity contribution in [3.05, 3.63) is 36.5 Å². The minimum absolute atomic E-state index is 0.115. The van der Waals surface area contributed by atoms with Crippen molar-refractivity contribution in [1.29, 1.82) is 0 Å². The predicted octanol–water partition coefficient (Wildman–Crippen LogP) is 3.13. The van der Waals surface area contributed by atoms with Crippen LogP contribution in [-0.4, -0.2) is 10.5 Å². The number of rotatable bonds is 0. The van der Waals surface area contributed by atoms with Gasteiger partial charge in [-0.15, -0.1) is 0 Å². The predicted molar refractivity (Wildman–Crippen MR) is 60.9 cm³/mol. The third-order valence-corrected chi connectivity index (χ3v) is 2.40. The molecule has 2 nitrogen and oxygen atoms in total. The van der Waals surface area contributed by atoms with Gasteiger partial charge >= 0.3 is 0 Å². The zero-order chi connectivity index (χ0) is 11.1. The van der Waals surface area contributed by atoms with Gasteiger partial charge < -0.3 is 0 Å². The van der Waals surface area contributed by atoms with Gasteiger partial charge in [-0.05, 0) is 24.3 Å². The maximum Gasteiger partial charge on any atom is 0.236 e. The summed E-state index contributed by atoms with van der Waals surface area (Å²) < 4.78 is 1.71. The smallest absolute Gasteiger partial charge is 0.236 e. The lowest BCUT2D eigenvalue weighted by atomic mass is 9.95. The van der Waals surface area contributed by atoms with Crippen molar-refractivity contribution in [3.63, 3.8) is 0 Å². The molecule has 2 heteroatoms. The molecular formula is C13H14NO. The molecule has 1 radical (unpaired) electrons. The van der Waals surface area contributed by atoms with Gasteiger partial charge in [0.1, 0.15) is 0 Å². The Morgan fingerprint density at radius 1 is 1.33 bits per heavy atom. The molecule has 0 atom stereocenters. The quantitative estimate of drug-likeness (QED) is 0.640. The highest BCUT2D eigenvalue weighted by Crippen LogP contribution is 2.21. The van der Waals surface area contributed by atoms with E-state index < -0.39 is 0 Å². The Hall–Kier alpha value is -1.57. The molecule has 2 rings (SSSR count). The molecule has 0 aliphatic carbocycles. The van der Waals surface area contributed by atoms with E-state index in [2.05, 4.69) is 6.07 Å². The monoisotopic (exact) mass is 200 g/mol. The van der Waals surface area contributed by atoms with Gasteiger partial charge in [-0.2, -0.15) is 0 Å². The van der Waals surface area contributed by atoms with Crippen molar-refractivity contribution in [2.45, 2.75) is 20.8 Å². The van der Waals surface area contributed by atoms with E-state index in [0.29, 0.717) is 0 Å². The standard InChI is InChI=1S/C13H14NO/c1-13(2,3)12(15)14-9-8-10-6-4-5-7-11(10)14/h5-9H,1-3H3. The molecule has 15 heavy (non-hydrogen) atoms. The van der Waals surface area contributed by atoms with Gasteiger partial charge in [0, 0.05) is 17.0 Å². The van der Waals surface area contributed by atoms with Crippen LogP contribution in [0.15, 0.2) is 30.5 Å². The van der Waals surface area contributed by atoms with Crippen LogP contribution in [0.2, 0.25) is 0 Å². The van der Waals surface area contributed by atoms with Crippen LogP contribution in [-0.2, 0) is 0 Å². The summed E-state index contributed by atoms with van der Waals surface area (Å²) in [5, 5.41) is 1.05. The number of benzene rings is 1. The normalized spacial score (nSPS) is 11.9. The Morgan fingerprint density at radius 2 is 2.07 bits per heavy atom. The van der Waals surface area contributed by atoms with E-state index in [4.69, 9.17) is 0 Å². The molecule has 0 bridgehead atoms. The van der Waals surface area contributed by atoms with E-state index in [1.54, 1.807) is 4.57 Å². The van der Waals surface area contributed by atoms with E-state index >= 15 is 0 Å². The maximum absolute atomic E-state index is 12.1. The number of carbonyl (C=O) groups excluding carboxylic acids is 1. The van der Waals surface area contributed by atoms with Crippen molar-refractivity contribution in [2.75, 3.05) is 0 Å². The van der Waals surface area contributed by atoms with E-state index in [0.717, 1.165) is 10.9 Å². The first-order chi connectivity index (χ1) is 7.00. The second-order valence-corrected chi connectivity index (χ2v) is 4.73. The number of hydrogen-bond acceptors (Lipinski definition) is 1. The van der Waals surface area contributed by atoms with Crippen LogP contribution in [0.25, 0.3) is 10.9 Å². The number of carbonyl (C=O) groups is 1. The zero-order valence-corrected chi connectivity index (χ0v) is 9.24. The van der Waals surface area contributed by atoms with Gasteiger partial charge in [0.05, 0.1) is 5.52 Å². The Kier molecular flexibility index (Phi) is 2.14. The molecule has 0 amide bonds. The average Bonchev–Trinajstić information content (AvgIpc) is 2.58. The van der Waals surface area contributed by atoms with E-state index in [-0.39, 0.29) is 11.3 Å². The topological polar surface area (TPSA) is 22.0 Å². The molecule has 0 unspecified atom stereocenters. The first-order valence-electron chi connectivity index (χ1n) is 5.02. The Morgan fingerprint density at radius 3 is 2.73 bits per heavy atom. The second-order valence-electron chi connectivity index (χ2n) is 4.73. The van der Waals surface area contributed by atoms with Crippen molar-refractivity contribution in [3.8, 4) is 0 Å². The molecule has 0 spiro atoms. The minimum Gasteiger partial charge on any atom is -0.287 e. The zero-order valence-electron chi connectivity index (χ0n) is 9.24. The van der Waals surface area contributed by atoms with Crippen molar-refractivity contribution >= 4 is 16.8 Å². The highest BCUT2D eigenvalue weighted by molar-refractivity contribution is 5.94. The average molecular weight is 200 g/mol. The molecule has 0 fully saturated rings.